The maximum Gasteiger partial charge on any atom is 0.330 e. The lowest BCUT2D eigenvalue weighted by Gasteiger charge is -2.05. The lowest BCUT2D eigenvalue weighted by molar-refractivity contribution is -0.384. The van der Waals surface area contributed by atoms with Gasteiger partial charge in [0.05, 0.1) is 4.92 Å². The zero-order valence-electron chi connectivity index (χ0n) is 12.6. The highest BCUT2D eigenvalue weighted by Crippen LogP contribution is 2.14. The Balaban J connectivity index is 1.75. The van der Waals surface area contributed by atoms with Crippen molar-refractivity contribution in [2.75, 3.05) is 13.2 Å². The molecule has 0 unspecified atom stereocenters. The fourth-order valence-electron chi connectivity index (χ4n) is 1.79. The number of carbonyl (C=O) groups is 1. The highest BCUT2D eigenvalue weighted by atomic mass is 19.1. The second-order valence-electron chi connectivity index (χ2n) is 4.66. The summed E-state index contributed by atoms with van der Waals surface area (Å²) >= 11 is 0. The van der Waals surface area contributed by atoms with Crippen molar-refractivity contribution >= 4 is 17.7 Å². The van der Waals surface area contributed by atoms with Crippen molar-refractivity contribution in [2.24, 2.45) is 0 Å². The summed E-state index contributed by atoms with van der Waals surface area (Å²) in [6.45, 7) is 0.150. The van der Waals surface area contributed by atoms with E-state index in [4.69, 9.17) is 9.47 Å². The molecule has 0 amide bonds. The summed E-state index contributed by atoms with van der Waals surface area (Å²) in [6, 6.07) is 11.4. The quantitative estimate of drug-likeness (QED) is 0.255. The summed E-state index contributed by atoms with van der Waals surface area (Å²) < 4.78 is 22.9. The number of carbonyl (C=O) groups excluding carboxylic acids is 1. The molecule has 0 saturated heterocycles. The van der Waals surface area contributed by atoms with E-state index >= 15 is 0 Å². The first-order valence-corrected chi connectivity index (χ1v) is 7.02. The van der Waals surface area contributed by atoms with Crippen LogP contribution in [-0.4, -0.2) is 24.1 Å². The molecule has 24 heavy (non-hydrogen) atoms. The van der Waals surface area contributed by atoms with Crippen LogP contribution >= 0.6 is 0 Å². The van der Waals surface area contributed by atoms with Crippen LogP contribution in [-0.2, 0) is 9.53 Å². The Kier molecular flexibility index (Phi) is 6.01. The van der Waals surface area contributed by atoms with Crippen LogP contribution in [0.3, 0.4) is 0 Å². The van der Waals surface area contributed by atoms with Crippen molar-refractivity contribution in [3.63, 3.8) is 0 Å². The SMILES string of the molecule is O=C(/C=C/c1cccc([N+](=O)[O-])c1)OCCOc1ccc(F)cc1. The van der Waals surface area contributed by atoms with E-state index in [1.165, 1.54) is 54.6 Å². The molecule has 0 heterocycles. The van der Waals surface area contributed by atoms with Gasteiger partial charge in [-0.15, -0.1) is 0 Å². The van der Waals surface area contributed by atoms with Gasteiger partial charge in [0, 0.05) is 18.2 Å². The molecule has 0 aromatic heterocycles. The van der Waals surface area contributed by atoms with Crippen LogP contribution in [0.2, 0.25) is 0 Å². The van der Waals surface area contributed by atoms with Crippen molar-refractivity contribution < 1.29 is 23.6 Å². The topological polar surface area (TPSA) is 78.7 Å². The molecule has 0 saturated carbocycles. The number of hydrogen-bond acceptors (Lipinski definition) is 5. The average Bonchev–Trinajstić information content (AvgIpc) is 2.58. The third-order valence-corrected chi connectivity index (χ3v) is 2.90. The third kappa shape index (κ3) is 5.53. The van der Waals surface area contributed by atoms with Gasteiger partial charge in [-0.05, 0) is 35.9 Å². The molecule has 124 valence electrons. The van der Waals surface area contributed by atoms with E-state index in [9.17, 15) is 19.3 Å². The monoisotopic (exact) mass is 331 g/mol. The zero-order chi connectivity index (χ0) is 17.4. The fraction of sp³-hybridized carbons (Fsp3) is 0.118. The van der Waals surface area contributed by atoms with E-state index in [1.807, 2.05) is 0 Å². The van der Waals surface area contributed by atoms with Gasteiger partial charge in [0.2, 0.25) is 0 Å². The lowest BCUT2D eigenvalue weighted by Crippen LogP contribution is -2.10. The van der Waals surface area contributed by atoms with Crippen LogP contribution in [0, 0.1) is 15.9 Å². The molecule has 0 radical (unpaired) electrons. The van der Waals surface area contributed by atoms with Crippen molar-refractivity contribution in [1.29, 1.82) is 0 Å². The molecule has 0 aliphatic heterocycles. The minimum atomic E-state index is -0.593. The number of hydrogen-bond donors (Lipinski definition) is 0. The summed E-state index contributed by atoms with van der Waals surface area (Å²) in [5.41, 5.74) is 0.460. The Morgan fingerprint density at radius 3 is 2.62 bits per heavy atom. The van der Waals surface area contributed by atoms with Crippen molar-refractivity contribution in [3.8, 4) is 5.75 Å². The molecule has 2 aromatic carbocycles. The summed E-state index contributed by atoms with van der Waals surface area (Å²) in [7, 11) is 0. The van der Waals surface area contributed by atoms with Gasteiger partial charge in [0.1, 0.15) is 24.8 Å². The zero-order valence-corrected chi connectivity index (χ0v) is 12.6. The highest BCUT2D eigenvalue weighted by molar-refractivity contribution is 5.87. The van der Waals surface area contributed by atoms with Crippen molar-refractivity contribution in [2.45, 2.75) is 0 Å². The predicted molar refractivity (Wildman–Crippen MR) is 85.0 cm³/mol. The van der Waals surface area contributed by atoms with Gasteiger partial charge in [0.25, 0.3) is 5.69 Å². The Morgan fingerprint density at radius 2 is 1.92 bits per heavy atom. The first kappa shape index (κ1) is 17.1. The highest BCUT2D eigenvalue weighted by Gasteiger charge is 2.04. The molecule has 6 nitrogen and oxygen atoms in total. The summed E-state index contributed by atoms with van der Waals surface area (Å²) in [5, 5.41) is 10.7. The molecule has 0 bridgehead atoms. The Morgan fingerprint density at radius 1 is 1.17 bits per heavy atom. The summed E-state index contributed by atoms with van der Waals surface area (Å²) in [6.07, 6.45) is 2.60. The van der Waals surface area contributed by atoms with Gasteiger partial charge in [-0.3, -0.25) is 10.1 Å². The second-order valence-corrected chi connectivity index (χ2v) is 4.66. The van der Waals surface area contributed by atoms with Crippen LogP contribution in [0.1, 0.15) is 5.56 Å². The largest absolute Gasteiger partial charge is 0.490 e. The molecule has 0 aliphatic rings. The number of nitro groups is 1. The number of halogens is 1. The third-order valence-electron chi connectivity index (χ3n) is 2.90. The number of rotatable bonds is 7. The molecule has 0 aliphatic carbocycles. The average molecular weight is 331 g/mol. The van der Waals surface area contributed by atoms with E-state index in [1.54, 1.807) is 6.07 Å². The van der Waals surface area contributed by atoms with Crippen LogP contribution in [0.4, 0.5) is 10.1 Å². The number of nitro benzene ring substituents is 1. The van der Waals surface area contributed by atoms with E-state index in [2.05, 4.69) is 0 Å². The van der Waals surface area contributed by atoms with E-state index in [0.717, 1.165) is 0 Å². The predicted octanol–water partition coefficient (Wildman–Crippen LogP) is 3.37. The van der Waals surface area contributed by atoms with Gasteiger partial charge < -0.3 is 9.47 Å². The van der Waals surface area contributed by atoms with Crippen molar-refractivity contribution in [3.05, 3.63) is 76.1 Å². The van der Waals surface area contributed by atoms with E-state index in [0.29, 0.717) is 11.3 Å². The summed E-state index contributed by atoms with van der Waals surface area (Å²) in [5.74, 6) is -0.483. The molecular formula is C17H14FNO5. The normalized spacial score (nSPS) is 10.5. The molecule has 2 rings (SSSR count). The van der Waals surface area contributed by atoms with Gasteiger partial charge in [-0.2, -0.15) is 0 Å². The first-order valence-electron chi connectivity index (χ1n) is 7.02. The minimum Gasteiger partial charge on any atom is -0.490 e. The lowest BCUT2D eigenvalue weighted by atomic mass is 10.2. The van der Waals surface area contributed by atoms with Gasteiger partial charge >= 0.3 is 5.97 Å². The number of nitrogens with zero attached hydrogens (tertiary/aromatic N) is 1. The van der Waals surface area contributed by atoms with E-state index < -0.39 is 10.9 Å². The fourth-order valence-corrected chi connectivity index (χ4v) is 1.79. The Bertz CT molecular complexity index is 743. The summed E-state index contributed by atoms with van der Waals surface area (Å²) in [4.78, 5) is 21.7. The van der Waals surface area contributed by atoms with Gasteiger partial charge in [0.15, 0.2) is 0 Å². The molecule has 0 fully saturated rings. The van der Waals surface area contributed by atoms with Gasteiger partial charge in [-0.1, -0.05) is 12.1 Å². The standard InChI is InChI=1S/C17H14FNO5/c18-14-5-7-16(8-6-14)23-10-11-24-17(20)9-4-13-2-1-3-15(12-13)19(21)22/h1-9,12H,10-11H2/b9-4+. The number of benzene rings is 2. The molecule has 0 atom stereocenters. The first-order chi connectivity index (χ1) is 11.5. The minimum absolute atomic E-state index is 0.0233. The second kappa shape index (κ2) is 8.42. The van der Waals surface area contributed by atoms with E-state index in [-0.39, 0.29) is 24.7 Å². The van der Waals surface area contributed by atoms with Gasteiger partial charge in [-0.25, -0.2) is 9.18 Å². The van der Waals surface area contributed by atoms with Crippen LogP contribution in [0.15, 0.2) is 54.6 Å². The number of ether oxygens (including phenoxy) is 2. The molecule has 0 spiro atoms. The Labute approximate surface area is 137 Å². The maximum atomic E-state index is 12.7. The Hall–Kier alpha value is -3.22. The number of esters is 1. The molecule has 0 N–H and O–H groups in total. The van der Waals surface area contributed by atoms with Crippen LogP contribution < -0.4 is 4.74 Å². The van der Waals surface area contributed by atoms with Crippen molar-refractivity contribution in [1.82, 2.24) is 0 Å². The van der Waals surface area contributed by atoms with Crippen LogP contribution in [0.25, 0.3) is 6.08 Å². The maximum absolute atomic E-state index is 12.7. The molecule has 2 aromatic rings. The number of non-ortho nitro benzene ring substituents is 1. The smallest absolute Gasteiger partial charge is 0.330 e. The molecule has 7 heteroatoms. The van der Waals surface area contributed by atoms with Crippen LogP contribution in [0.5, 0.6) is 5.75 Å². The molecular weight excluding hydrogens is 317 g/mol.